The monoisotopic (exact) mass is 299 g/mol. The van der Waals surface area contributed by atoms with Crippen molar-refractivity contribution in [1.82, 2.24) is 4.57 Å². The lowest BCUT2D eigenvalue weighted by Gasteiger charge is -2.13. The number of fused-ring (bicyclic) bond motifs is 1. The Kier molecular flexibility index (Phi) is 3.16. The Morgan fingerprint density at radius 1 is 1.38 bits per heavy atom. The zero-order valence-electron chi connectivity index (χ0n) is 10.9. The van der Waals surface area contributed by atoms with Crippen LogP contribution in [0.4, 0.5) is 13.2 Å². The van der Waals surface area contributed by atoms with Crippen LogP contribution < -0.4 is 0 Å². The molecule has 0 aliphatic carbocycles. The molecule has 0 unspecified atom stereocenters. The molecule has 0 spiro atoms. The molecule has 0 radical (unpaired) electrons. The van der Waals surface area contributed by atoms with Gasteiger partial charge in [0.1, 0.15) is 0 Å². The molecule has 21 heavy (non-hydrogen) atoms. The minimum absolute atomic E-state index is 0.00521. The molecule has 0 amide bonds. The highest BCUT2D eigenvalue weighted by Crippen LogP contribution is 2.35. The van der Waals surface area contributed by atoms with Gasteiger partial charge in [-0.25, -0.2) is 4.79 Å². The van der Waals surface area contributed by atoms with E-state index in [1.54, 1.807) is 4.57 Å². The molecule has 2 heterocycles. The van der Waals surface area contributed by atoms with Crippen LogP contribution in [0.3, 0.4) is 0 Å². The van der Waals surface area contributed by atoms with Crippen molar-refractivity contribution in [1.29, 1.82) is 0 Å². The Labute approximate surface area is 117 Å². The summed E-state index contributed by atoms with van der Waals surface area (Å²) >= 11 is 0. The molecule has 0 bridgehead atoms. The maximum Gasteiger partial charge on any atom is 0.416 e. The molecule has 1 saturated heterocycles. The van der Waals surface area contributed by atoms with Gasteiger partial charge in [-0.3, -0.25) is 0 Å². The predicted molar refractivity (Wildman–Crippen MR) is 68.4 cm³/mol. The van der Waals surface area contributed by atoms with E-state index in [1.807, 2.05) is 0 Å². The Morgan fingerprint density at radius 3 is 2.71 bits per heavy atom. The fraction of sp³-hybridized carbons (Fsp3) is 0.357. The number of ether oxygens (including phenoxy) is 1. The van der Waals surface area contributed by atoms with Crippen molar-refractivity contribution in [3.05, 3.63) is 35.5 Å². The zero-order valence-corrected chi connectivity index (χ0v) is 10.9. The van der Waals surface area contributed by atoms with E-state index in [2.05, 4.69) is 0 Å². The Balaban J connectivity index is 2.22. The van der Waals surface area contributed by atoms with Crippen molar-refractivity contribution in [3.63, 3.8) is 0 Å². The first-order valence-electron chi connectivity index (χ1n) is 6.41. The fourth-order valence-electron chi connectivity index (χ4n) is 2.64. The number of hydrogen-bond donors (Lipinski definition) is 1. The maximum absolute atomic E-state index is 12.8. The minimum atomic E-state index is -4.46. The lowest BCUT2D eigenvalue weighted by atomic mass is 10.1. The summed E-state index contributed by atoms with van der Waals surface area (Å²) in [4.78, 5) is 11.3. The average Bonchev–Trinajstić information content (AvgIpc) is 3.03. The van der Waals surface area contributed by atoms with Crippen LogP contribution in [0.25, 0.3) is 10.9 Å². The summed E-state index contributed by atoms with van der Waals surface area (Å²) < 4.78 is 45.3. The van der Waals surface area contributed by atoms with Gasteiger partial charge in [0.2, 0.25) is 0 Å². The molecule has 3 rings (SSSR count). The highest BCUT2D eigenvalue weighted by molar-refractivity contribution is 6.03. The van der Waals surface area contributed by atoms with E-state index in [-0.39, 0.29) is 17.1 Å². The second-order valence-corrected chi connectivity index (χ2v) is 5.00. The van der Waals surface area contributed by atoms with Crippen molar-refractivity contribution < 1.29 is 27.8 Å². The lowest BCUT2D eigenvalue weighted by Crippen LogP contribution is -2.09. The number of nitrogens with zero attached hydrogens (tertiary/aromatic N) is 1. The second kappa shape index (κ2) is 4.77. The van der Waals surface area contributed by atoms with Gasteiger partial charge in [0.25, 0.3) is 0 Å². The van der Waals surface area contributed by atoms with Crippen molar-refractivity contribution >= 4 is 16.9 Å². The molecule has 1 N–H and O–H groups in total. The summed E-state index contributed by atoms with van der Waals surface area (Å²) in [5, 5.41) is 9.51. The van der Waals surface area contributed by atoms with Crippen LogP contribution in [-0.2, 0) is 10.9 Å². The van der Waals surface area contributed by atoms with E-state index in [0.29, 0.717) is 25.0 Å². The molecule has 1 atom stereocenters. The van der Waals surface area contributed by atoms with Crippen molar-refractivity contribution in [3.8, 4) is 0 Å². The number of halogens is 3. The molecule has 0 saturated carbocycles. The Bertz CT molecular complexity index is 699. The summed E-state index contributed by atoms with van der Waals surface area (Å²) in [7, 11) is 0. The molecule has 1 aromatic heterocycles. The highest BCUT2D eigenvalue weighted by Gasteiger charge is 2.32. The van der Waals surface area contributed by atoms with Crippen LogP contribution in [0, 0.1) is 0 Å². The summed E-state index contributed by atoms with van der Waals surface area (Å²) in [6.45, 7) is 0.894. The summed E-state index contributed by atoms with van der Waals surface area (Å²) in [5.41, 5.74) is -0.506. The van der Waals surface area contributed by atoms with Gasteiger partial charge in [0, 0.05) is 23.7 Å². The van der Waals surface area contributed by atoms with E-state index in [0.717, 1.165) is 12.1 Å². The topological polar surface area (TPSA) is 51.5 Å². The number of rotatable bonds is 2. The van der Waals surface area contributed by atoms with Crippen molar-refractivity contribution in [2.75, 3.05) is 13.2 Å². The van der Waals surface area contributed by atoms with E-state index in [1.165, 1.54) is 12.3 Å². The fourth-order valence-corrected chi connectivity index (χ4v) is 2.64. The lowest BCUT2D eigenvalue weighted by molar-refractivity contribution is -0.137. The third-order valence-electron chi connectivity index (χ3n) is 3.69. The van der Waals surface area contributed by atoms with Gasteiger partial charge in [-0.05, 0) is 18.6 Å². The smallest absolute Gasteiger partial charge is 0.416 e. The largest absolute Gasteiger partial charge is 0.478 e. The summed E-state index contributed by atoms with van der Waals surface area (Å²) in [6.07, 6.45) is -2.41. The third-order valence-corrected chi connectivity index (χ3v) is 3.69. The van der Waals surface area contributed by atoms with Crippen LogP contribution >= 0.6 is 0 Å². The van der Waals surface area contributed by atoms with Crippen LogP contribution in [0.2, 0.25) is 0 Å². The SMILES string of the molecule is O=C(O)c1cn([C@@H]2CCOC2)c2cc(C(F)(F)F)ccc12. The van der Waals surface area contributed by atoms with E-state index >= 15 is 0 Å². The number of carboxylic acid groups (broad SMARTS) is 1. The van der Waals surface area contributed by atoms with Gasteiger partial charge in [-0.2, -0.15) is 13.2 Å². The van der Waals surface area contributed by atoms with Gasteiger partial charge in [0.15, 0.2) is 0 Å². The van der Waals surface area contributed by atoms with Crippen LogP contribution in [-0.4, -0.2) is 28.9 Å². The number of benzene rings is 1. The van der Waals surface area contributed by atoms with Gasteiger partial charge >= 0.3 is 12.1 Å². The quantitative estimate of drug-likeness (QED) is 0.925. The number of hydrogen-bond acceptors (Lipinski definition) is 2. The van der Waals surface area contributed by atoms with Crippen molar-refractivity contribution in [2.45, 2.75) is 18.6 Å². The third kappa shape index (κ3) is 2.37. The van der Waals surface area contributed by atoms with Crippen LogP contribution in [0.1, 0.15) is 28.4 Å². The zero-order chi connectivity index (χ0) is 15.2. The molecule has 112 valence electrons. The van der Waals surface area contributed by atoms with E-state index in [4.69, 9.17) is 4.74 Å². The molecular weight excluding hydrogens is 287 g/mol. The number of carbonyl (C=O) groups is 1. The first-order valence-corrected chi connectivity index (χ1v) is 6.41. The van der Waals surface area contributed by atoms with Gasteiger partial charge < -0.3 is 14.4 Å². The maximum atomic E-state index is 12.8. The molecule has 1 aliphatic heterocycles. The average molecular weight is 299 g/mol. The minimum Gasteiger partial charge on any atom is -0.478 e. The number of carboxylic acids is 1. The molecule has 4 nitrogen and oxygen atoms in total. The molecule has 2 aromatic rings. The van der Waals surface area contributed by atoms with E-state index < -0.39 is 17.7 Å². The molecule has 1 aliphatic rings. The first-order chi connectivity index (χ1) is 9.88. The van der Waals surface area contributed by atoms with Crippen LogP contribution in [0.5, 0.6) is 0 Å². The molecule has 1 aromatic carbocycles. The molecule has 1 fully saturated rings. The number of aromatic carboxylic acids is 1. The van der Waals surface area contributed by atoms with Gasteiger partial charge in [0.05, 0.1) is 23.8 Å². The highest BCUT2D eigenvalue weighted by atomic mass is 19.4. The number of aromatic nitrogens is 1. The van der Waals surface area contributed by atoms with Crippen molar-refractivity contribution in [2.24, 2.45) is 0 Å². The first kappa shape index (κ1) is 13.9. The van der Waals surface area contributed by atoms with Gasteiger partial charge in [-0.15, -0.1) is 0 Å². The van der Waals surface area contributed by atoms with Crippen LogP contribution in [0.15, 0.2) is 24.4 Å². The van der Waals surface area contributed by atoms with Gasteiger partial charge in [-0.1, -0.05) is 6.07 Å². The normalized spacial score (nSPS) is 19.3. The standard InChI is InChI=1S/C14H12F3NO3/c15-14(16,17)8-1-2-10-11(13(19)20)6-18(12(10)5-8)9-3-4-21-7-9/h1-2,5-6,9H,3-4,7H2,(H,19,20)/t9-/m1/s1. The summed E-state index contributed by atoms with van der Waals surface area (Å²) in [5.74, 6) is -1.16. The second-order valence-electron chi connectivity index (χ2n) is 5.00. The Hall–Kier alpha value is -2.02. The molecule has 7 heteroatoms. The number of alkyl halides is 3. The molecular formula is C14H12F3NO3. The Morgan fingerprint density at radius 2 is 2.14 bits per heavy atom. The predicted octanol–water partition coefficient (Wildman–Crippen LogP) is 3.32. The van der Waals surface area contributed by atoms with E-state index in [9.17, 15) is 23.1 Å². The summed E-state index contributed by atoms with van der Waals surface area (Å²) in [6, 6.07) is 2.99.